The molecular weight excluding hydrogens is 296 g/mol. The van der Waals surface area contributed by atoms with E-state index in [1.807, 2.05) is 6.07 Å². The maximum atomic E-state index is 10.9. The van der Waals surface area contributed by atoms with E-state index in [9.17, 15) is 5.11 Å². The van der Waals surface area contributed by atoms with E-state index in [1.165, 1.54) is 36.8 Å². The topological polar surface area (TPSA) is 44.3 Å². The Morgan fingerprint density at radius 2 is 1.42 bits per heavy atom. The molecule has 3 nitrogen and oxygen atoms in total. The van der Waals surface area contributed by atoms with Gasteiger partial charge in [0.15, 0.2) is 0 Å². The van der Waals surface area contributed by atoms with E-state index in [1.54, 1.807) is 0 Å². The Balaban J connectivity index is 2.04. The third kappa shape index (κ3) is 3.34. The molecule has 0 amide bonds. The van der Waals surface area contributed by atoms with Crippen LogP contribution in [0.15, 0.2) is 12.1 Å². The highest BCUT2D eigenvalue weighted by molar-refractivity contribution is 5.49. The summed E-state index contributed by atoms with van der Waals surface area (Å²) < 4.78 is 0. The van der Waals surface area contributed by atoms with Crippen molar-refractivity contribution in [3.05, 3.63) is 28.8 Å². The summed E-state index contributed by atoms with van der Waals surface area (Å²) in [6.07, 6.45) is 5.15. The molecule has 1 saturated carbocycles. The summed E-state index contributed by atoms with van der Waals surface area (Å²) >= 11 is 0. The van der Waals surface area contributed by atoms with Crippen molar-refractivity contribution in [1.82, 2.24) is 10.6 Å². The lowest BCUT2D eigenvalue weighted by molar-refractivity contribution is 0.374. The summed E-state index contributed by atoms with van der Waals surface area (Å²) in [5.74, 6) is 0.427. The minimum Gasteiger partial charge on any atom is -0.508 e. The number of phenols is 1. The van der Waals surface area contributed by atoms with Gasteiger partial charge in [-0.1, -0.05) is 60.5 Å². The summed E-state index contributed by atoms with van der Waals surface area (Å²) in [4.78, 5) is 0. The molecule has 3 rings (SSSR count). The third-order valence-corrected chi connectivity index (χ3v) is 5.65. The molecule has 1 saturated heterocycles. The molecule has 1 aliphatic heterocycles. The van der Waals surface area contributed by atoms with Crippen LogP contribution in [0.4, 0.5) is 0 Å². The summed E-state index contributed by atoms with van der Waals surface area (Å²) in [7, 11) is 0. The Labute approximate surface area is 147 Å². The maximum absolute atomic E-state index is 10.9. The predicted octanol–water partition coefficient (Wildman–Crippen LogP) is 4.49. The molecule has 1 aromatic rings. The first-order chi connectivity index (χ1) is 11.1. The fourth-order valence-corrected chi connectivity index (χ4v) is 4.17. The second kappa shape index (κ2) is 6.03. The molecule has 1 aliphatic carbocycles. The molecule has 3 heteroatoms. The highest BCUT2D eigenvalue weighted by Crippen LogP contribution is 2.41. The van der Waals surface area contributed by atoms with Crippen molar-refractivity contribution in [3.63, 3.8) is 0 Å². The first kappa shape index (κ1) is 17.8. The van der Waals surface area contributed by atoms with Gasteiger partial charge in [-0.3, -0.25) is 10.6 Å². The normalized spacial score (nSPS) is 25.8. The molecule has 24 heavy (non-hydrogen) atoms. The van der Waals surface area contributed by atoms with E-state index < -0.39 is 0 Å². The van der Waals surface area contributed by atoms with Crippen LogP contribution in [0.3, 0.4) is 0 Å². The number of benzene rings is 1. The van der Waals surface area contributed by atoms with Crippen LogP contribution < -0.4 is 10.6 Å². The van der Waals surface area contributed by atoms with Crippen LogP contribution in [0.5, 0.6) is 5.75 Å². The van der Waals surface area contributed by atoms with Crippen molar-refractivity contribution in [3.8, 4) is 5.75 Å². The van der Waals surface area contributed by atoms with Gasteiger partial charge in [-0.05, 0) is 40.9 Å². The van der Waals surface area contributed by atoms with Crippen LogP contribution in [0.25, 0.3) is 0 Å². The highest BCUT2D eigenvalue weighted by atomic mass is 16.3. The molecule has 0 spiro atoms. The average Bonchev–Trinajstić information content (AvgIpc) is 2.87. The molecule has 0 unspecified atom stereocenters. The van der Waals surface area contributed by atoms with Gasteiger partial charge in [-0.2, -0.15) is 0 Å². The van der Waals surface area contributed by atoms with E-state index in [0.717, 1.165) is 5.56 Å². The summed E-state index contributed by atoms with van der Waals surface area (Å²) in [5, 5.41) is 18.4. The molecule has 2 fully saturated rings. The van der Waals surface area contributed by atoms with Crippen molar-refractivity contribution >= 4 is 0 Å². The van der Waals surface area contributed by atoms with E-state index in [2.05, 4.69) is 58.2 Å². The lowest BCUT2D eigenvalue weighted by Crippen LogP contribution is -2.36. The van der Waals surface area contributed by atoms with Crippen molar-refractivity contribution in [1.29, 1.82) is 0 Å². The van der Waals surface area contributed by atoms with Crippen LogP contribution in [0, 0.1) is 0 Å². The minimum atomic E-state index is -0.00873. The van der Waals surface area contributed by atoms with Crippen LogP contribution in [0.2, 0.25) is 0 Å². The number of hydrogen-bond acceptors (Lipinski definition) is 3. The fraction of sp³-hybridized carbons (Fsp3) is 0.714. The van der Waals surface area contributed by atoms with E-state index in [-0.39, 0.29) is 17.0 Å². The zero-order valence-corrected chi connectivity index (χ0v) is 16.2. The Kier molecular flexibility index (Phi) is 4.46. The number of hydrogen-bond donors (Lipinski definition) is 3. The van der Waals surface area contributed by atoms with Crippen LogP contribution >= 0.6 is 0 Å². The van der Waals surface area contributed by atoms with Crippen molar-refractivity contribution in [2.45, 2.75) is 96.3 Å². The van der Waals surface area contributed by atoms with Gasteiger partial charge in [0, 0.05) is 17.6 Å². The minimum absolute atomic E-state index is 0.00873. The Morgan fingerprint density at radius 3 is 1.88 bits per heavy atom. The number of fused-ring (bicyclic) bond motifs is 1. The lowest BCUT2D eigenvalue weighted by Gasteiger charge is -2.30. The largest absolute Gasteiger partial charge is 0.508 e. The third-order valence-electron chi connectivity index (χ3n) is 5.65. The van der Waals surface area contributed by atoms with E-state index >= 15 is 0 Å². The lowest BCUT2D eigenvalue weighted by atomic mass is 9.77. The van der Waals surface area contributed by atoms with Crippen molar-refractivity contribution < 1.29 is 5.11 Å². The summed E-state index contributed by atoms with van der Waals surface area (Å²) in [6, 6.07) is 5.35. The molecule has 1 aromatic carbocycles. The Hall–Kier alpha value is -1.06. The monoisotopic (exact) mass is 330 g/mol. The highest BCUT2D eigenvalue weighted by Gasteiger charge is 2.38. The molecule has 3 N–H and O–H groups in total. The molecular formula is C21H34N2O. The molecule has 0 bridgehead atoms. The van der Waals surface area contributed by atoms with Crippen LogP contribution in [-0.4, -0.2) is 17.2 Å². The fourth-order valence-electron chi connectivity index (χ4n) is 4.17. The Morgan fingerprint density at radius 1 is 0.875 bits per heavy atom. The van der Waals surface area contributed by atoms with Crippen LogP contribution in [0.1, 0.15) is 90.1 Å². The summed E-state index contributed by atoms with van der Waals surface area (Å²) in [5.41, 5.74) is 3.51. The first-order valence-electron chi connectivity index (χ1n) is 9.47. The molecule has 2 aliphatic rings. The zero-order chi connectivity index (χ0) is 17.7. The van der Waals surface area contributed by atoms with E-state index in [4.69, 9.17) is 0 Å². The standard InChI is InChI=1S/C21H34N2O/c1-20(2,3)13-11-14(21(4,5)6)18(17(24)12-13)19-22-15-9-7-8-10-16(15)23-19/h11-12,15-16,19,22-24H,7-10H2,1-6H3/t15-,16-/m1/s1. The van der Waals surface area contributed by atoms with Gasteiger partial charge in [0.25, 0.3) is 0 Å². The zero-order valence-electron chi connectivity index (χ0n) is 16.2. The molecule has 1 heterocycles. The van der Waals surface area contributed by atoms with Gasteiger partial charge in [-0.25, -0.2) is 0 Å². The molecule has 134 valence electrons. The van der Waals surface area contributed by atoms with Gasteiger partial charge < -0.3 is 5.11 Å². The van der Waals surface area contributed by atoms with Crippen molar-refractivity contribution in [2.24, 2.45) is 0 Å². The van der Waals surface area contributed by atoms with Gasteiger partial charge in [0.1, 0.15) is 5.75 Å². The average molecular weight is 331 g/mol. The van der Waals surface area contributed by atoms with E-state index in [0.29, 0.717) is 17.8 Å². The SMILES string of the molecule is CC(C)(C)c1cc(O)c(C2N[C@@H]3CCCC[C@H]3N2)c(C(C)(C)C)c1. The number of rotatable bonds is 1. The van der Waals surface area contributed by atoms with Gasteiger partial charge in [0.2, 0.25) is 0 Å². The van der Waals surface area contributed by atoms with Gasteiger partial charge >= 0.3 is 0 Å². The molecule has 0 radical (unpaired) electrons. The number of nitrogens with one attached hydrogen (secondary N) is 2. The number of aromatic hydroxyl groups is 1. The Bertz CT molecular complexity index is 595. The van der Waals surface area contributed by atoms with Gasteiger partial charge in [-0.15, -0.1) is 0 Å². The second-order valence-corrected chi connectivity index (χ2v) is 9.72. The molecule has 0 aromatic heterocycles. The molecule has 2 atom stereocenters. The predicted molar refractivity (Wildman–Crippen MR) is 101 cm³/mol. The smallest absolute Gasteiger partial charge is 0.122 e. The van der Waals surface area contributed by atoms with Crippen molar-refractivity contribution in [2.75, 3.05) is 0 Å². The quantitative estimate of drug-likeness (QED) is 0.711. The first-order valence-corrected chi connectivity index (χ1v) is 9.47. The van der Waals surface area contributed by atoms with Crippen LogP contribution in [-0.2, 0) is 10.8 Å². The maximum Gasteiger partial charge on any atom is 0.122 e. The summed E-state index contributed by atoms with van der Waals surface area (Å²) in [6.45, 7) is 13.3. The second-order valence-electron chi connectivity index (χ2n) is 9.72. The van der Waals surface area contributed by atoms with Gasteiger partial charge in [0.05, 0.1) is 6.17 Å². The number of phenolic OH excluding ortho intramolecular Hbond substituents is 1.